The average molecular weight is 238 g/mol. The molecule has 2 aliphatic rings. The summed E-state index contributed by atoms with van der Waals surface area (Å²) in [6.07, 6.45) is 7.31. The highest BCUT2D eigenvalue weighted by molar-refractivity contribution is 4.84. The van der Waals surface area contributed by atoms with E-state index in [0.29, 0.717) is 6.04 Å². The molecule has 0 spiro atoms. The van der Waals surface area contributed by atoms with Gasteiger partial charge in [-0.3, -0.25) is 4.90 Å². The van der Waals surface area contributed by atoms with Crippen LogP contribution in [0, 0.1) is 11.8 Å². The molecule has 17 heavy (non-hydrogen) atoms. The lowest BCUT2D eigenvalue weighted by molar-refractivity contribution is 0.106. The predicted octanol–water partition coefficient (Wildman–Crippen LogP) is 2.89. The van der Waals surface area contributed by atoms with Gasteiger partial charge < -0.3 is 5.32 Å². The van der Waals surface area contributed by atoms with E-state index in [-0.39, 0.29) is 0 Å². The van der Waals surface area contributed by atoms with E-state index in [1.807, 2.05) is 0 Å². The van der Waals surface area contributed by atoms with Crippen LogP contribution in [-0.2, 0) is 0 Å². The second-order valence-electron chi connectivity index (χ2n) is 6.41. The predicted molar refractivity (Wildman–Crippen MR) is 74.2 cm³/mol. The van der Waals surface area contributed by atoms with E-state index >= 15 is 0 Å². The monoisotopic (exact) mass is 238 g/mol. The molecule has 1 aliphatic heterocycles. The van der Waals surface area contributed by atoms with Gasteiger partial charge >= 0.3 is 0 Å². The molecule has 2 rings (SSSR count). The van der Waals surface area contributed by atoms with Crippen LogP contribution >= 0.6 is 0 Å². The molecule has 0 aromatic carbocycles. The Labute approximate surface area is 107 Å². The third kappa shape index (κ3) is 3.69. The molecule has 2 heteroatoms. The lowest BCUT2D eigenvalue weighted by Gasteiger charge is -2.40. The summed E-state index contributed by atoms with van der Waals surface area (Å²) in [6.45, 7) is 10.8. The number of rotatable bonds is 3. The molecule has 2 unspecified atom stereocenters. The van der Waals surface area contributed by atoms with Crippen molar-refractivity contribution in [2.75, 3.05) is 19.6 Å². The van der Waals surface area contributed by atoms with E-state index in [2.05, 4.69) is 31.0 Å². The summed E-state index contributed by atoms with van der Waals surface area (Å²) < 4.78 is 0. The highest BCUT2D eigenvalue weighted by Gasteiger charge is 2.27. The minimum Gasteiger partial charge on any atom is -0.311 e. The van der Waals surface area contributed by atoms with Gasteiger partial charge in [0.05, 0.1) is 0 Å². The van der Waals surface area contributed by atoms with Crippen LogP contribution < -0.4 is 5.32 Å². The lowest BCUT2D eigenvalue weighted by atomic mass is 9.80. The zero-order chi connectivity index (χ0) is 12.3. The Morgan fingerprint density at radius 1 is 1.06 bits per heavy atom. The summed E-state index contributed by atoms with van der Waals surface area (Å²) in [7, 11) is 0. The first-order valence-electron chi connectivity index (χ1n) is 7.66. The summed E-state index contributed by atoms with van der Waals surface area (Å²) >= 11 is 0. The molecule has 2 nitrogen and oxygen atoms in total. The number of nitrogens with one attached hydrogen (secondary N) is 1. The molecule has 2 fully saturated rings. The van der Waals surface area contributed by atoms with Gasteiger partial charge in [0.2, 0.25) is 0 Å². The van der Waals surface area contributed by atoms with Gasteiger partial charge in [-0.15, -0.1) is 0 Å². The first kappa shape index (κ1) is 13.4. The third-order valence-electron chi connectivity index (χ3n) is 4.93. The first-order chi connectivity index (χ1) is 8.19. The Hall–Kier alpha value is -0.0800. The Balaban J connectivity index is 1.76. The molecule has 1 N–H and O–H groups in total. The molecule has 2 atom stereocenters. The Kier molecular flexibility index (Phi) is 4.87. The van der Waals surface area contributed by atoms with Gasteiger partial charge in [0.15, 0.2) is 0 Å². The standard InChI is InChI=1S/C15H30N2/c1-4-14-5-7-15(8-6-14)11-17-10-12(2)16-9-13(17)3/h12-16H,4-11H2,1-3H3. The van der Waals surface area contributed by atoms with E-state index in [4.69, 9.17) is 0 Å². The molecule has 0 aromatic heterocycles. The molecule has 0 bridgehead atoms. The Bertz CT molecular complexity index is 221. The van der Waals surface area contributed by atoms with Crippen molar-refractivity contribution in [2.45, 2.75) is 65.0 Å². The van der Waals surface area contributed by atoms with Crippen molar-refractivity contribution >= 4 is 0 Å². The molecule has 1 aliphatic carbocycles. The van der Waals surface area contributed by atoms with Gasteiger partial charge in [0.1, 0.15) is 0 Å². The highest BCUT2D eigenvalue weighted by atomic mass is 15.2. The molecule has 1 heterocycles. The van der Waals surface area contributed by atoms with Crippen molar-refractivity contribution in [1.29, 1.82) is 0 Å². The van der Waals surface area contributed by atoms with Gasteiger partial charge in [-0.2, -0.15) is 0 Å². The number of piperazine rings is 1. The molecular formula is C15H30N2. The van der Waals surface area contributed by atoms with Crippen LogP contribution in [0.2, 0.25) is 0 Å². The maximum absolute atomic E-state index is 3.57. The summed E-state index contributed by atoms with van der Waals surface area (Å²) in [5.41, 5.74) is 0. The van der Waals surface area contributed by atoms with E-state index < -0.39 is 0 Å². The SMILES string of the molecule is CCC1CCC(CN2CC(C)NCC2C)CC1. The molecule has 0 aromatic rings. The highest BCUT2D eigenvalue weighted by Crippen LogP contribution is 2.31. The average Bonchev–Trinajstić information content (AvgIpc) is 2.35. The largest absolute Gasteiger partial charge is 0.311 e. The number of hydrogen-bond donors (Lipinski definition) is 1. The van der Waals surface area contributed by atoms with Crippen molar-refractivity contribution in [3.63, 3.8) is 0 Å². The summed E-state index contributed by atoms with van der Waals surface area (Å²) in [6, 6.07) is 1.41. The molecule has 1 saturated heterocycles. The number of hydrogen-bond acceptors (Lipinski definition) is 2. The van der Waals surface area contributed by atoms with Crippen LogP contribution in [0.5, 0.6) is 0 Å². The zero-order valence-electron chi connectivity index (χ0n) is 11.9. The van der Waals surface area contributed by atoms with Crippen LogP contribution in [-0.4, -0.2) is 36.6 Å². The van der Waals surface area contributed by atoms with E-state index in [1.54, 1.807) is 0 Å². The van der Waals surface area contributed by atoms with Crippen LogP contribution in [0.15, 0.2) is 0 Å². The van der Waals surface area contributed by atoms with Crippen molar-refractivity contribution < 1.29 is 0 Å². The smallest absolute Gasteiger partial charge is 0.0193 e. The zero-order valence-corrected chi connectivity index (χ0v) is 11.9. The van der Waals surface area contributed by atoms with E-state index in [0.717, 1.165) is 17.9 Å². The second-order valence-corrected chi connectivity index (χ2v) is 6.41. The minimum atomic E-state index is 0.679. The minimum absolute atomic E-state index is 0.679. The molecule has 0 radical (unpaired) electrons. The summed E-state index contributed by atoms with van der Waals surface area (Å²) in [5, 5.41) is 3.57. The van der Waals surface area contributed by atoms with E-state index in [9.17, 15) is 0 Å². The maximum Gasteiger partial charge on any atom is 0.0193 e. The van der Waals surface area contributed by atoms with Gasteiger partial charge in [-0.05, 0) is 38.5 Å². The van der Waals surface area contributed by atoms with E-state index in [1.165, 1.54) is 51.7 Å². The summed E-state index contributed by atoms with van der Waals surface area (Å²) in [4.78, 5) is 2.72. The van der Waals surface area contributed by atoms with Crippen molar-refractivity contribution in [3.8, 4) is 0 Å². The van der Waals surface area contributed by atoms with Crippen molar-refractivity contribution in [3.05, 3.63) is 0 Å². The quantitative estimate of drug-likeness (QED) is 0.813. The van der Waals surface area contributed by atoms with Crippen LogP contribution in [0.1, 0.15) is 52.9 Å². The molecule has 1 saturated carbocycles. The fourth-order valence-corrected chi connectivity index (χ4v) is 3.51. The van der Waals surface area contributed by atoms with Crippen molar-refractivity contribution in [2.24, 2.45) is 11.8 Å². The van der Waals surface area contributed by atoms with Crippen molar-refractivity contribution in [1.82, 2.24) is 10.2 Å². The topological polar surface area (TPSA) is 15.3 Å². The molecular weight excluding hydrogens is 208 g/mol. The third-order valence-corrected chi connectivity index (χ3v) is 4.93. The molecule has 0 amide bonds. The fourth-order valence-electron chi connectivity index (χ4n) is 3.51. The molecule has 100 valence electrons. The van der Waals surface area contributed by atoms with Gasteiger partial charge in [0, 0.05) is 31.7 Å². The fraction of sp³-hybridized carbons (Fsp3) is 1.00. The van der Waals surface area contributed by atoms with Gasteiger partial charge in [0.25, 0.3) is 0 Å². The Morgan fingerprint density at radius 3 is 2.35 bits per heavy atom. The Morgan fingerprint density at radius 2 is 1.71 bits per heavy atom. The van der Waals surface area contributed by atoms with Gasteiger partial charge in [-0.25, -0.2) is 0 Å². The summed E-state index contributed by atoms with van der Waals surface area (Å²) in [5.74, 6) is 2.01. The lowest BCUT2D eigenvalue weighted by Crippen LogP contribution is -2.55. The first-order valence-corrected chi connectivity index (χ1v) is 7.66. The normalized spacial score (nSPS) is 40.4. The van der Waals surface area contributed by atoms with Gasteiger partial charge in [-0.1, -0.05) is 26.2 Å². The number of nitrogens with zero attached hydrogens (tertiary/aromatic N) is 1. The maximum atomic E-state index is 3.57. The van der Waals surface area contributed by atoms with Crippen LogP contribution in [0.3, 0.4) is 0 Å². The van der Waals surface area contributed by atoms with Crippen LogP contribution in [0.25, 0.3) is 0 Å². The second kappa shape index (κ2) is 6.19. The van der Waals surface area contributed by atoms with Crippen LogP contribution in [0.4, 0.5) is 0 Å².